The quantitative estimate of drug-likeness (QED) is 0.763. The molecule has 0 amide bonds. The van der Waals surface area contributed by atoms with Crippen LogP contribution in [0, 0.1) is 6.92 Å². The molecule has 0 aliphatic heterocycles. The van der Waals surface area contributed by atoms with Gasteiger partial charge in [0, 0.05) is 16.3 Å². The monoisotopic (exact) mass is 361 g/mol. The molecule has 1 aromatic carbocycles. The molecule has 3 nitrogen and oxygen atoms in total. The number of allylic oxidation sites excluding steroid dienone is 2. The lowest BCUT2D eigenvalue weighted by Crippen LogP contribution is -2.21. The second-order valence-electron chi connectivity index (χ2n) is 4.71. The Morgan fingerprint density at radius 2 is 1.86 bits per heavy atom. The van der Waals surface area contributed by atoms with Crippen LogP contribution in [0.5, 0.6) is 0 Å². The number of hydrogen-bond acceptors (Lipinski definition) is 3. The van der Waals surface area contributed by atoms with Gasteiger partial charge in [0.1, 0.15) is 5.69 Å². The maximum Gasteiger partial charge on any atom is 0.219 e. The molecule has 1 heterocycles. The number of hydrogen-bond donors (Lipinski definition) is 0. The third-order valence-corrected chi connectivity index (χ3v) is 4.25. The van der Waals surface area contributed by atoms with E-state index in [1.54, 1.807) is 43.3 Å². The van der Waals surface area contributed by atoms with Crippen molar-refractivity contribution < 1.29 is 9.59 Å². The summed E-state index contributed by atoms with van der Waals surface area (Å²) < 4.78 is 0.223. The Hall–Kier alpha value is -1.78. The fraction of sp³-hybridized carbons (Fsp3) is 0.0625. The number of rotatable bonds is 1. The van der Waals surface area contributed by atoms with E-state index < -0.39 is 0 Å². The summed E-state index contributed by atoms with van der Waals surface area (Å²) in [6.07, 6.45) is 0. The van der Waals surface area contributed by atoms with E-state index in [0.29, 0.717) is 27.4 Å². The van der Waals surface area contributed by atoms with Crippen LogP contribution in [0.4, 0.5) is 0 Å². The lowest BCUT2D eigenvalue weighted by molar-refractivity contribution is 0.0995. The number of Topliss-reactive ketones (excluding diaryl/α,β-unsaturated/α-hetero) is 2. The Morgan fingerprint density at radius 3 is 2.57 bits per heavy atom. The van der Waals surface area contributed by atoms with Gasteiger partial charge in [0.25, 0.3) is 0 Å². The molecule has 0 N–H and O–H groups in total. The predicted octanol–water partition coefficient (Wildman–Crippen LogP) is 4.23. The van der Waals surface area contributed by atoms with Crippen molar-refractivity contribution in [2.24, 2.45) is 0 Å². The Kier molecular flexibility index (Phi) is 3.51. The third-order valence-electron chi connectivity index (χ3n) is 3.25. The fourth-order valence-corrected chi connectivity index (χ4v) is 3.05. The van der Waals surface area contributed by atoms with E-state index in [1.165, 1.54) is 0 Å². The van der Waals surface area contributed by atoms with Crippen molar-refractivity contribution >= 4 is 44.7 Å². The minimum atomic E-state index is -0.289. The van der Waals surface area contributed by atoms with E-state index in [-0.39, 0.29) is 21.7 Å². The van der Waals surface area contributed by atoms with Gasteiger partial charge in [0.05, 0.1) is 10.0 Å². The van der Waals surface area contributed by atoms with Crippen molar-refractivity contribution in [1.82, 2.24) is 4.98 Å². The van der Waals surface area contributed by atoms with E-state index in [0.717, 1.165) is 0 Å². The number of halogens is 2. The first-order valence-electron chi connectivity index (χ1n) is 6.22. The van der Waals surface area contributed by atoms with Gasteiger partial charge in [0.2, 0.25) is 5.78 Å². The first kappa shape index (κ1) is 14.2. The van der Waals surface area contributed by atoms with Crippen LogP contribution in [0.2, 0.25) is 5.02 Å². The van der Waals surface area contributed by atoms with Crippen molar-refractivity contribution in [3.05, 3.63) is 68.4 Å². The Balaban J connectivity index is 2.24. The third kappa shape index (κ3) is 2.34. The zero-order valence-electron chi connectivity index (χ0n) is 11.0. The number of fused-ring (bicyclic) bond motifs is 1. The largest absolute Gasteiger partial charge is 0.288 e. The van der Waals surface area contributed by atoms with Crippen LogP contribution < -0.4 is 0 Å². The standard InChI is InChI=1S/C16H9BrClNO2/c1-8-5-6-11-14(19-8)16(21)13(17)12(15(11)20)9-3-2-4-10(18)7-9/h2-7H,1H3. The van der Waals surface area contributed by atoms with Gasteiger partial charge in [-0.05, 0) is 52.7 Å². The lowest BCUT2D eigenvalue weighted by Gasteiger charge is -2.18. The van der Waals surface area contributed by atoms with Gasteiger partial charge in [-0.15, -0.1) is 0 Å². The van der Waals surface area contributed by atoms with Crippen LogP contribution in [0.3, 0.4) is 0 Å². The molecule has 0 spiro atoms. The first-order chi connectivity index (χ1) is 9.99. The van der Waals surface area contributed by atoms with Crippen LogP contribution in [-0.4, -0.2) is 16.6 Å². The number of aromatic nitrogens is 1. The molecule has 0 atom stereocenters. The summed E-state index contributed by atoms with van der Waals surface area (Å²) in [5.41, 5.74) is 2.14. The zero-order chi connectivity index (χ0) is 15.1. The highest BCUT2D eigenvalue weighted by molar-refractivity contribution is 9.12. The van der Waals surface area contributed by atoms with Crippen molar-refractivity contribution in [1.29, 1.82) is 0 Å². The van der Waals surface area contributed by atoms with Gasteiger partial charge in [0.15, 0.2) is 5.78 Å². The molecule has 1 aliphatic rings. The SMILES string of the molecule is Cc1ccc2c(n1)C(=O)C(Br)=C(c1cccc(Cl)c1)C2=O. The number of aryl methyl sites for hydroxylation is 1. The van der Waals surface area contributed by atoms with Gasteiger partial charge in [-0.1, -0.05) is 23.7 Å². The summed E-state index contributed by atoms with van der Waals surface area (Å²) in [5.74, 6) is -0.519. The molecule has 0 unspecified atom stereocenters. The fourth-order valence-electron chi connectivity index (χ4n) is 2.27. The van der Waals surface area contributed by atoms with E-state index in [1.807, 2.05) is 0 Å². The number of pyridine rings is 1. The van der Waals surface area contributed by atoms with E-state index in [2.05, 4.69) is 20.9 Å². The molecular formula is C16H9BrClNO2. The van der Waals surface area contributed by atoms with Crippen LogP contribution in [-0.2, 0) is 0 Å². The molecule has 3 rings (SSSR count). The summed E-state index contributed by atoms with van der Waals surface area (Å²) in [4.78, 5) is 29.3. The second-order valence-corrected chi connectivity index (χ2v) is 5.94. The van der Waals surface area contributed by atoms with Crippen molar-refractivity contribution in [3.63, 3.8) is 0 Å². The van der Waals surface area contributed by atoms with Crippen molar-refractivity contribution in [3.8, 4) is 0 Å². The van der Waals surface area contributed by atoms with Crippen LogP contribution >= 0.6 is 27.5 Å². The van der Waals surface area contributed by atoms with Crippen LogP contribution in [0.1, 0.15) is 32.1 Å². The van der Waals surface area contributed by atoms with Gasteiger partial charge >= 0.3 is 0 Å². The molecule has 2 aromatic rings. The molecule has 21 heavy (non-hydrogen) atoms. The number of carbonyl (C=O) groups excluding carboxylic acids is 2. The minimum absolute atomic E-state index is 0.192. The summed E-state index contributed by atoms with van der Waals surface area (Å²) in [6.45, 7) is 1.78. The van der Waals surface area contributed by atoms with Crippen molar-refractivity contribution in [2.45, 2.75) is 6.92 Å². The molecular weight excluding hydrogens is 354 g/mol. The minimum Gasteiger partial charge on any atom is -0.288 e. The smallest absolute Gasteiger partial charge is 0.219 e. The average molecular weight is 363 g/mol. The Bertz CT molecular complexity index is 827. The molecule has 104 valence electrons. The second kappa shape index (κ2) is 5.20. The van der Waals surface area contributed by atoms with Gasteiger partial charge in [-0.2, -0.15) is 0 Å². The van der Waals surface area contributed by atoms with E-state index in [4.69, 9.17) is 11.6 Å². The summed E-state index contributed by atoms with van der Waals surface area (Å²) in [5, 5.41) is 0.508. The maximum atomic E-state index is 12.7. The zero-order valence-corrected chi connectivity index (χ0v) is 13.3. The van der Waals surface area contributed by atoms with Crippen molar-refractivity contribution in [2.75, 3.05) is 0 Å². The molecule has 0 bridgehead atoms. The Labute approximate surface area is 134 Å². The normalized spacial score (nSPS) is 14.4. The molecule has 0 radical (unpaired) electrons. The molecule has 1 aliphatic carbocycles. The number of carbonyl (C=O) groups is 2. The predicted molar refractivity (Wildman–Crippen MR) is 84.9 cm³/mol. The average Bonchev–Trinajstić information content (AvgIpc) is 2.45. The van der Waals surface area contributed by atoms with Gasteiger partial charge < -0.3 is 0 Å². The topological polar surface area (TPSA) is 47.0 Å². The molecule has 5 heteroatoms. The molecule has 0 saturated heterocycles. The first-order valence-corrected chi connectivity index (χ1v) is 7.39. The number of nitrogens with zero attached hydrogens (tertiary/aromatic N) is 1. The highest BCUT2D eigenvalue weighted by Crippen LogP contribution is 2.35. The van der Waals surface area contributed by atoms with E-state index in [9.17, 15) is 9.59 Å². The number of benzene rings is 1. The van der Waals surface area contributed by atoms with E-state index >= 15 is 0 Å². The summed E-state index contributed by atoms with van der Waals surface area (Å²) in [6, 6.07) is 10.2. The molecule has 0 saturated carbocycles. The van der Waals surface area contributed by atoms with Crippen LogP contribution in [0.25, 0.3) is 5.57 Å². The lowest BCUT2D eigenvalue weighted by atomic mass is 9.89. The summed E-state index contributed by atoms with van der Waals surface area (Å²) in [7, 11) is 0. The Morgan fingerprint density at radius 1 is 1.10 bits per heavy atom. The highest BCUT2D eigenvalue weighted by atomic mass is 79.9. The summed E-state index contributed by atoms with van der Waals surface area (Å²) >= 11 is 9.21. The maximum absolute atomic E-state index is 12.7. The molecule has 0 fully saturated rings. The highest BCUT2D eigenvalue weighted by Gasteiger charge is 2.33. The molecule has 1 aromatic heterocycles. The van der Waals surface area contributed by atoms with Crippen LogP contribution in [0.15, 0.2) is 40.9 Å². The van der Waals surface area contributed by atoms with Gasteiger partial charge in [-0.3, -0.25) is 9.59 Å². The van der Waals surface area contributed by atoms with Gasteiger partial charge in [-0.25, -0.2) is 4.98 Å². The number of ketones is 2.